The average molecular weight is 398 g/mol. The summed E-state index contributed by atoms with van der Waals surface area (Å²) in [7, 11) is 4.67. The Balaban J connectivity index is 2.73. The summed E-state index contributed by atoms with van der Waals surface area (Å²) in [6, 6.07) is 15.3. The fourth-order valence-electron chi connectivity index (χ4n) is 3.57. The van der Waals surface area contributed by atoms with Gasteiger partial charge in [-0.25, -0.2) is 4.79 Å². The van der Waals surface area contributed by atoms with Crippen LogP contribution in [0.1, 0.15) is 31.7 Å². The molecule has 156 valence electrons. The van der Waals surface area contributed by atoms with Crippen LogP contribution in [0.25, 0.3) is 0 Å². The third kappa shape index (κ3) is 4.73. The Labute approximate surface area is 173 Å². The molecule has 0 aliphatic rings. The first-order valence-electron chi connectivity index (χ1n) is 9.82. The van der Waals surface area contributed by atoms with Gasteiger partial charge in [-0.05, 0) is 48.4 Å². The van der Waals surface area contributed by atoms with E-state index in [-0.39, 0.29) is 5.97 Å². The highest BCUT2D eigenvalue weighted by molar-refractivity contribution is 5.87. The molecular formula is C24H31NO4. The van der Waals surface area contributed by atoms with Gasteiger partial charge in [0.05, 0.1) is 21.3 Å². The molecule has 1 unspecified atom stereocenters. The maximum absolute atomic E-state index is 13.3. The second-order valence-corrected chi connectivity index (χ2v) is 6.78. The highest BCUT2D eigenvalue weighted by atomic mass is 16.5. The largest absolute Gasteiger partial charge is 0.497 e. The zero-order valence-corrected chi connectivity index (χ0v) is 17.8. The number of methoxy groups -OCH3 is 3. The van der Waals surface area contributed by atoms with Crippen molar-refractivity contribution in [3.63, 3.8) is 0 Å². The Morgan fingerprint density at radius 3 is 2.31 bits per heavy atom. The molecule has 5 heteroatoms. The SMILES string of the molecule is C=CCC(C(=O)OC)(c1cccc(OC)c1)N(CCCC)c1ccc(OC)cc1. The summed E-state index contributed by atoms with van der Waals surface area (Å²) in [5, 5.41) is 0. The maximum Gasteiger partial charge on any atom is 0.336 e. The van der Waals surface area contributed by atoms with Crippen molar-refractivity contribution in [3.8, 4) is 11.5 Å². The average Bonchev–Trinajstić information content (AvgIpc) is 2.78. The molecule has 0 radical (unpaired) electrons. The van der Waals surface area contributed by atoms with Crippen molar-refractivity contribution in [3.05, 3.63) is 66.7 Å². The highest BCUT2D eigenvalue weighted by Crippen LogP contribution is 2.40. The molecule has 0 heterocycles. The molecule has 2 rings (SSSR count). The molecular weight excluding hydrogens is 366 g/mol. The minimum absolute atomic E-state index is 0.336. The van der Waals surface area contributed by atoms with Crippen molar-refractivity contribution < 1.29 is 19.0 Å². The summed E-state index contributed by atoms with van der Waals surface area (Å²) >= 11 is 0. The maximum atomic E-state index is 13.3. The van der Waals surface area contributed by atoms with Gasteiger partial charge in [-0.1, -0.05) is 31.6 Å². The number of hydrogen-bond donors (Lipinski definition) is 0. The number of carbonyl (C=O) groups is 1. The zero-order valence-electron chi connectivity index (χ0n) is 17.8. The molecule has 29 heavy (non-hydrogen) atoms. The zero-order chi connectivity index (χ0) is 21.3. The summed E-state index contributed by atoms with van der Waals surface area (Å²) < 4.78 is 16.1. The topological polar surface area (TPSA) is 48.0 Å². The molecule has 0 fully saturated rings. The second kappa shape index (κ2) is 10.6. The van der Waals surface area contributed by atoms with Crippen LogP contribution in [0.15, 0.2) is 61.2 Å². The molecule has 0 aliphatic heterocycles. The van der Waals surface area contributed by atoms with Crippen LogP contribution >= 0.6 is 0 Å². The highest BCUT2D eigenvalue weighted by Gasteiger charge is 2.46. The molecule has 0 N–H and O–H groups in total. The Morgan fingerprint density at radius 1 is 1.07 bits per heavy atom. The standard InChI is InChI=1S/C24H31NO4/c1-6-8-17-25(20-12-14-21(27-3)15-13-20)24(16-7-2,23(26)29-5)19-10-9-11-22(18-19)28-4/h7,9-15,18H,2,6,8,16-17H2,1,3-5H3. The van der Waals surface area contributed by atoms with Crippen LogP contribution in [0.5, 0.6) is 11.5 Å². The molecule has 0 spiro atoms. The van der Waals surface area contributed by atoms with Gasteiger partial charge in [0, 0.05) is 18.7 Å². The number of hydrogen-bond acceptors (Lipinski definition) is 5. The predicted octanol–water partition coefficient (Wildman–Crippen LogP) is 4.95. The lowest BCUT2D eigenvalue weighted by Gasteiger charge is -2.43. The van der Waals surface area contributed by atoms with Crippen LogP contribution in [0.4, 0.5) is 5.69 Å². The molecule has 2 aromatic carbocycles. The molecule has 1 atom stereocenters. The normalized spacial score (nSPS) is 12.6. The Bertz CT molecular complexity index is 803. The summed E-state index contributed by atoms with van der Waals surface area (Å²) in [6.45, 7) is 6.74. The summed E-state index contributed by atoms with van der Waals surface area (Å²) in [4.78, 5) is 15.5. The first-order chi connectivity index (χ1) is 14.1. The van der Waals surface area contributed by atoms with Gasteiger partial charge in [0.15, 0.2) is 5.54 Å². The van der Waals surface area contributed by atoms with Crippen molar-refractivity contribution in [1.29, 1.82) is 0 Å². The Morgan fingerprint density at radius 2 is 1.76 bits per heavy atom. The van der Waals surface area contributed by atoms with E-state index in [1.54, 1.807) is 20.3 Å². The molecule has 0 saturated carbocycles. The van der Waals surface area contributed by atoms with E-state index in [0.29, 0.717) is 18.7 Å². The smallest absolute Gasteiger partial charge is 0.336 e. The van der Waals surface area contributed by atoms with E-state index >= 15 is 0 Å². The van der Waals surface area contributed by atoms with E-state index in [1.165, 1.54) is 7.11 Å². The quantitative estimate of drug-likeness (QED) is 0.396. The van der Waals surface area contributed by atoms with E-state index < -0.39 is 5.54 Å². The lowest BCUT2D eigenvalue weighted by molar-refractivity contribution is -0.147. The molecule has 0 aliphatic carbocycles. The van der Waals surface area contributed by atoms with Crippen LogP contribution in [0.2, 0.25) is 0 Å². The van der Waals surface area contributed by atoms with E-state index in [2.05, 4.69) is 18.4 Å². The van der Waals surface area contributed by atoms with Crippen molar-refractivity contribution in [2.45, 2.75) is 31.7 Å². The fraction of sp³-hybridized carbons (Fsp3) is 0.375. The van der Waals surface area contributed by atoms with E-state index in [1.807, 2.05) is 48.5 Å². The molecule has 2 aromatic rings. The summed E-state index contributed by atoms with van der Waals surface area (Å²) in [6.07, 6.45) is 4.07. The number of anilines is 1. The van der Waals surface area contributed by atoms with E-state index in [9.17, 15) is 4.79 Å². The number of unbranched alkanes of at least 4 members (excludes halogenated alkanes) is 1. The monoisotopic (exact) mass is 397 g/mol. The number of ether oxygens (including phenoxy) is 3. The van der Waals surface area contributed by atoms with E-state index in [0.717, 1.165) is 29.8 Å². The first-order valence-corrected chi connectivity index (χ1v) is 9.82. The van der Waals surface area contributed by atoms with Crippen molar-refractivity contribution in [2.24, 2.45) is 0 Å². The second-order valence-electron chi connectivity index (χ2n) is 6.78. The predicted molar refractivity (Wildman–Crippen MR) is 117 cm³/mol. The minimum Gasteiger partial charge on any atom is -0.497 e. The van der Waals surface area contributed by atoms with Gasteiger partial charge in [0.25, 0.3) is 0 Å². The van der Waals surface area contributed by atoms with E-state index in [4.69, 9.17) is 14.2 Å². The molecule has 0 aromatic heterocycles. The molecule has 0 amide bonds. The minimum atomic E-state index is -1.06. The van der Waals surface area contributed by atoms with Crippen molar-refractivity contribution in [2.75, 3.05) is 32.8 Å². The van der Waals surface area contributed by atoms with Gasteiger partial charge >= 0.3 is 5.97 Å². The van der Waals surface area contributed by atoms with Gasteiger partial charge in [0.1, 0.15) is 11.5 Å². The Kier molecular flexibility index (Phi) is 8.13. The van der Waals surface area contributed by atoms with Gasteiger partial charge in [-0.15, -0.1) is 6.58 Å². The molecule has 5 nitrogen and oxygen atoms in total. The molecule has 0 bridgehead atoms. The van der Waals surface area contributed by atoms with Gasteiger partial charge < -0.3 is 19.1 Å². The third-order valence-electron chi connectivity index (χ3n) is 5.09. The first kappa shape index (κ1) is 22.3. The van der Waals surface area contributed by atoms with Crippen LogP contribution in [0.3, 0.4) is 0 Å². The lowest BCUT2D eigenvalue weighted by atomic mass is 9.83. The summed E-state index contributed by atoms with van der Waals surface area (Å²) in [5.41, 5.74) is 0.652. The number of carbonyl (C=O) groups excluding carboxylic acids is 1. The fourth-order valence-corrected chi connectivity index (χ4v) is 3.57. The summed E-state index contributed by atoms with van der Waals surface area (Å²) in [5.74, 6) is 1.11. The Hall–Kier alpha value is -2.95. The van der Waals surface area contributed by atoms with Gasteiger partial charge in [-0.3, -0.25) is 0 Å². The number of nitrogens with zero attached hydrogens (tertiary/aromatic N) is 1. The number of esters is 1. The van der Waals surface area contributed by atoms with Gasteiger partial charge in [0.2, 0.25) is 0 Å². The number of rotatable bonds is 11. The van der Waals surface area contributed by atoms with Gasteiger partial charge in [-0.2, -0.15) is 0 Å². The van der Waals surface area contributed by atoms with Crippen LogP contribution in [-0.2, 0) is 15.1 Å². The van der Waals surface area contributed by atoms with Crippen molar-refractivity contribution in [1.82, 2.24) is 0 Å². The van der Waals surface area contributed by atoms with Crippen molar-refractivity contribution >= 4 is 11.7 Å². The van der Waals surface area contributed by atoms with Crippen LogP contribution < -0.4 is 14.4 Å². The third-order valence-corrected chi connectivity index (χ3v) is 5.09. The van der Waals surface area contributed by atoms with Crippen LogP contribution in [-0.4, -0.2) is 33.8 Å². The lowest BCUT2D eigenvalue weighted by Crippen LogP contribution is -2.53. The van der Waals surface area contributed by atoms with Crippen LogP contribution in [0, 0.1) is 0 Å². The molecule has 0 saturated heterocycles. The number of benzene rings is 2.